The molecule has 4 nitrogen and oxygen atoms in total. The standard InChI is InChI=1S/C19H16Cl2N2O2S/c1-10-6-7-12(11(2)8-10)18-15(9-16(24)25)26-19(23-18)22-14-5-3-4-13(20)17(14)21/h3-8H,9H2,1-2H3,(H,22,23)(H,24,25). The molecule has 0 saturated heterocycles. The van der Waals surface area contributed by atoms with E-state index in [9.17, 15) is 9.90 Å². The summed E-state index contributed by atoms with van der Waals surface area (Å²) in [6.07, 6.45) is -0.0920. The molecule has 2 aromatic carbocycles. The molecule has 0 aliphatic heterocycles. The predicted octanol–water partition coefficient (Wildman–Crippen LogP) is 6.10. The van der Waals surface area contributed by atoms with Gasteiger partial charge < -0.3 is 10.4 Å². The van der Waals surface area contributed by atoms with Gasteiger partial charge in [0.2, 0.25) is 0 Å². The number of hydrogen-bond acceptors (Lipinski definition) is 4. The van der Waals surface area contributed by atoms with Crippen LogP contribution in [0.2, 0.25) is 10.0 Å². The SMILES string of the molecule is Cc1ccc(-c2nc(Nc3cccc(Cl)c3Cl)sc2CC(=O)O)c(C)c1. The fourth-order valence-corrected chi connectivity index (χ4v) is 3.99. The van der Waals surface area contributed by atoms with E-state index in [4.69, 9.17) is 23.2 Å². The summed E-state index contributed by atoms with van der Waals surface area (Å²) in [7, 11) is 0. The molecule has 1 heterocycles. The van der Waals surface area contributed by atoms with Crippen LogP contribution in [-0.4, -0.2) is 16.1 Å². The number of anilines is 2. The molecule has 26 heavy (non-hydrogen) atoms. The van der Waals surface area contributed by atoms with Gasteiger partial charge in [-0.25, -0.2) is 4.98 Å². The number of halogens is 2. The fourth-order valence-electron chi connectivity index (χ4n) is 2.67. The van der Waals surface area contributed by atoms with Crippen LogP contribution in [0.25, 0.3) is 11.3 Å². The van der Waals surface area contributed by atoms with Crippen molar-refractivity contribution in [3.05, 3.63) is 62.4 Å². The molecule has 0 fully saturated rings. The monoisotopic (exact) mass is 406 g/mol. The molecule has 2 N–H and O–H groups in total. The summed E-state index contributed by atoms with van der Waals surface area (Å²) in [5, 5.41) is 13.8. The molecule has 0 spiro atoms. The third-order valence-corrected chi connectivity index (χ3v) is 5.63. The van der Waals surface area contributed by atoms with Crippen LogP contribution in [0.4, 0.5) is 10.8 Å². The van der Waals surface area contributed by atoms with E-state index < -0.39 is 5.97 Å². The van der Waals surface area contributed by atoms with E-state index in [1.807, 2.05) is 26.0 Å². The number of carbonyl (C=O) groups is 1. The number of carboxylic acid groups (broad SMARTS) is 1. The molecule has 0 saturated carbocycles. The molecule has 0 aliphatic rings. The smallest absolute Gasteiger partial charge is 0.308 e. The Morgan fingerprint density at radius 1 is 1.23 bits per heavy atom. The van der Waals surface area contributed by atoms with E-state index in [0.29, 0.717) is 31.4 Å². The molecular weight excluding hydrogens is 391 g/mol. The first-order valence-corrected chi connectivity index (χ1v) is 9.42. The van der Waals surface area contributed by atoms with Crippen molar-refractivity contribution in [1.82, 2.24) is 4.98 Å². The van der Waals surface area contributed by atoms with E-state index in [1.165, 1.54) is 11.3 Å². The highest BCUT2D eigenvalue weighted by Gasteiger charge is 2.18. The zero-order chi connectivity index (χ0) is 18.8. The quantitative estimate of drug-likeness (QED) is 0.536. The number of aryl methyl sites for hydroxylation is 2. The number of nitrogens with one attached hydrogen (secondary N) is 1. The Hall–Kier alpha value is -2.08. The minimum absolute atomic E-state index is 0.0920. The minimum Gasteiger partial charge on any atom is -0.481 e. The highest BCUT2D eigenvalue weighted by atomic mass is 35.5. The molecule has 1 aromatic heterocycles. The largest absolute Gasteiger partial charge is 0.481 e. The maximum absolute atomic E-state index is 11.3. The lowest BCUT2D eigenvalue weighted by molar-refractivity contribution is -0.136. The van der Waals surface area contributed by atoms with Crippen LogP contribution in [0.1, 0.15) is 16.0 Å². The van der Waals surface area contributed by atoms with Gasteiger partial charge in [0, 0.05) is 10.4 Å². The molecule has 0 atom stereocenters. The molecule has 0 aliphatic carbocycles. The van der Waals surface area contributed by atoms with Crippen molar-refractivity contribution in [3.63, 3.8) is 0 Å². The third-order valence-electron chi connectivity index (χ3n) is 3.84. The molecule has 0 radical (unpaired) electrons. The number of thiazole rings is 1. The second kappa shape index (κ2) is 7.66. The van der Waals surface area contributed by atoms with E-state index in [-0.39, 0.29) is 6.42 Å². The zero-order valence-electron chi connectivity index (χ0n) is 14.1. The molecule has 3 aromatic rings. The van der Waals surface area contributed by atoms with Crippen LogP contribution in [0, 0.1) is 13.8 Å². The lowest BCUT2D eigenvalue weighted by Crippen LogP contribution is -2.00. The van der Waals surface area contributed by atoms with Crippen molar-refractivity contribution in [2.45, 2.75) is 20.3 Å². The molecule has 7 heteroatoms. The van der Waals surface area contributed by atoms with Gasteiger partial charge in [-0.15, -0.1) is 11.3 Å². The van der Waals surface area contributed by atoms with Gasteiger partial charge in [-0.2, -0.15) is 0 Å². The number of aliphatic carboxylic acids is 1. The third kappa shape index (κ3) is 4.01. The van der Waals surface area contributed by atoms with Gasteiger partial charge in [-0.3, -0.25) is 4.79 Å². The topological polar surface area (TPSA) is 62.2 Å². The van der Waals surface area contributed by atoms with Gasteiger partial charge in [0.05, 0.1) is 27.8 Å². The van der Waals surface area contributed by atoms with Crippen LogP contribution in [-0.2, 0) is 11.2 Å². The van der Waals surface area contributed by atoms with Crippen LogP contribution in [0.15, 0.2) is 36.4 Å². The van der Waals surface area contributed by atoms with Gasteiger partial charge in [0.25, 0.3) is 0 Å². The van der Waals surface area contributed by atoms with Crippen molar-refractivity contribution < 1.29 is 9.90 Å². The summed E-state index contributed by atoms with van der Waals surface area (Å²) >= 11 is 13.6. The van der Waals surface area contributed by atoms with E-state index in [0.717, 1.165) is 16.7 Å². The lowest BCUT2D eigenvalue weighted by atomic mass is 10.0. The van der Waals surface area contributed by atoms with E-state index in [1.54, 1.807) is 18.2 Å². The van der Waals surface area contributed by atoms with E-state index >= 15 is 0 Å². The lowest BCUT2D eigenvalue weighted by Gasteiger charge is -2.07. The Kier molecular flexibility index (Phi) is 5.51. The highest BCUT2D eigenvalue weighted by molar-refractivity contribution is 7.16. The van der Waals surface area contributed by atoms with E-state index in [2.05, 4.69) is 16.4 Å². The summed E-state index contributed by atoms with van der Waals surface area (Å²) in [6.45, 7) is 4.01. The molecule has 0 unspecified atom stereocenters. The summed E-state index contributed by atoms with van der Waals surface area (Å²) < 4.78 is 0. The van der Waals surface area contributed by atoms with Crippen molar-refractivity contribution in [1.29, 1.82) is 0 Å². The average molecular weight is 407 g/mol. The average Bonchev–Trinajstić information content (AvgIpc) is 2.93. The fraction of sp³-hybridized carbons (Fsp3) is 0.158. The molecule has 3 rings (SSSR count). The Balaban J connectivity index is 2.04. The number of carboxylic acids is 1. The number of aromatic nitrogens is 1. The van der Waals surface area contributed by atoms with Crippen molar-refractivity contribution >= 4 is 51.3 Å². The Labute approximate surface area is 165 Å². The molecule has 0 amide bonds. The maximum Gasteiger partial charge on any atom is 0.308 e. The van der Waals surface area contributed by atoms with Crippen LogP contribution in [0.3, 0.4) is 0 Å². The second-order valence-electron chi connectivity index (χ2n) is 5.91. The zero-order valence-corrected chi connectivity index (χ0v) is 16.5. The predicted molar refractivity (Wildman–Crippen MR) is 108 cm³/mol. The van der Waals surface area contributed by atoms with Crippen molar-refractivity contribution in [2.75, 3.05) is 5.32 Å². The first-order valence-electron chi connectivity index (χ1n) is 7.85. The Bertz CT molecular complexity index is 986. The normalized spacial score (nSPS) is 10.8. The number of hydrogen-bond donors (Lipinski definition) is 2. The molecular formula is C19H16Cl2N2O2S. The maximum atomic E-state index is 11.3. The molecule has 0 bridgehead atoms. The Morgan fingerprint density at radius 3 is 2.69 bits per heavy atom. The van der Waals surface area contributed by atoms with Gasteiger partial charge in [0.1, 0.15) is 0 Å². The van der Waals surface area contributed by atoms with Crippen LogP contribution < -0.4 is 5.32 Å². The minimum atomic E-state index is -0.896. The van der Waals surface area contributed by atoms with Gasteiger partial charge in [0.15, 0.2) is 5.13 Å². The number of rotatable bonds is 5. The Morgan fingerprint density at radius 2 is 2.00 bits per heavy atom. The highest BCUT2D eigenvalue weighted by Crippen LogP contribution is 2.37. The van der Waals surface area contributed by atoms with Gasteiger partial charge >= 0.3 is 5.97 Å². The summed E-state index contributed by atoms with van der Waals surface area (Å²) in [6, 6.07) is 11.3. The van der Waals surface area contributed by atoms with Gasteiger partial charge in [-0.1, -0.05) is 53.0 Å². The first-order chi connectivity index (χ1) is 12.3. The summed E-state index contributed by atoms with van der Waals surface area (Å²) in [5.74, 6) is -0.896. The summed E-state index contributed by atoms with van der Waals surface area (Å²) in [5.41, 5.74) is 4.42. The summed E-state index contributed by atoms with van der Waals surface area (Å²) in [4.78, 5) is 16.6. The first kappa shape index (κ1) is 18.7. The van der Waals surface area contributed by atoms with Gasteiger partial charge in [-0.05, 0) is 31.5 Å². The molecule has 134 valence electrons. The second-order valence-corrected chi connectivity index (χ2v) is 7.77. The van der Waals surface area contributed by atoms with Crippen molar-refractivity contribution in [2.24, 2.45) is 0 Å². The van der Waals surface area contributed by atoms with Crippen molar-refractivity contribution in [3.8, 4) is 11.3 Å². The van der Waals surface area contributed by atoms with Crippen LogP contribution in [0.5, 0.6) is 0 Å². The number of nitrogens with zero attached hydrogens (tertiary/aromatic N) is 1. The number of benzene rings is 2. The van der Waals surface area contributed by atoms with Crippen LogP contribution >= 0.6 is 34.5 Å².